The lowest BCUT2D eigenvalue weighted by Gasteiger charge is -2.08. The number of anilines is 1. The van der Waals surface area contributed by atoms with E-state index in [-0.39, 0.29) is 17.7 Å². The highest BCUT2D eigenvalue weighted by atomic mass is 16.3. The van der Waals surface area contributed by atoms with Crippen LogP contribution in [0.2, 0.25) is 0 Å². The van der Waals surface area contributed by atoms with Crippen molar-refractivity contribution in [3.63, 3.8) is 0 Å². The van der Waals surface area contributed by atoms with Crippen molar-refractivity contribution in [3.05, 3.63) is 59.6 Å². The third-order valence-corrected chi connectivity index (χ3v) is 4.73. The average molecular weight is 366 g/mol. The predicted octanol–water partition coefficient (Wildman–Crippen LogP) is 4.33. The maximum absolute atomic E-state index is 12.0. The Kier molecular flexibility index (Phi) is 5.79. The molecule has 142 valence electrons. The number of furan rings is 1. The second kappa shape index (κ2) is 8.25. The Hall–Kier alpha value is -2.82. The molecule has 1 aromatic heterocycles. The fraction of sp³-hybridized carbons (Fsp3) is 0.364. The third kappa shape index (κ3) is 5.33. The number of carbonyl (C=O) groups is 2. The lowest BCUT2D eigenvalue weighted by Crippen LogP contribution is -2.20. The molecule has 2 aromatic rings. The molecule has 2 atom stereocenters. The van der Waals surface area contributed by atoms with Gasteiger partial charge in [-0.15, -0.1) is 0 Å². The molecule has 0 aliphatic heterocycles. The van der Waals surface area contributed by atoms with E-state index in [1.165, 1.54) is 12.5 Å². The number of carbonyl (C=O) groups excluding carboxylic acids is 2. The standard InChI is InChI=1S/C22H26N2O3/c1-14(2)22(26)24-17-6-4-16(5-7-17)13-23-21(25)11-9-18-8-10-20(27-18)19-12-15(19)3/h4-11,14-15,19H,12-13H2,1-3H3,(H,23,25)(H,24,26)/b11-9+. The van der Waals surface area contributed by atoms with Crippen molar-refractivity contribution in [2.45, 2.75) is 39.7 Å². The summed E-state index contributed by atoms with van der Waals surface area (Å²) in [5, 5.41) is 5.68. The Labute approximate surface area is 159 Å². The Morgan fingerprint density at radius 3 is 2.52 bits per heavy atom. The van der Waals surface area contributed by atoms with Gasteiger partial charge in [0.2, 0.25) is 11.8 Å². The summed E-state index contributed by atoms with van der Waals surface area (Å²) in [6.07, 6.45) is 4.35. The molecule has 1 aliphatic carbocycles. The first-order valence-electron chi connectivity index (χ1n) is 9.38. The van der Waals surface area contributed by atoms with Gasteiger partial charge in [0.25, 0.3) is 0 Å². The molecule has 0 spiro atoms. The van der Waals surface area contributed by atoms with Gasteiger partial charge in [0.05, 0.1) is 0 Å². The molecule has 1 heterocycles. The van der Waals surface area contributed by atoms with Gasteiger partial charge in [-0.3, -0.25) is 9.59 Å². The van der Waals surface area contributed by atoms with Crippen LogP contribution in [0.25, 0.3) is 6.08 Å². The average Bonchev–Trinajstić information content (AvgIpc) is 3.19. The summed E-state index contributed by atoms with van der Waals surface area (Å²) in [5.41, 5.74) is 1.71. The van der Waals surface area contributed by atoms with Crippen molar-refractivity contribution in [1.29, 1.82) is 0 Å². The second-order valence-electron chi connectivity index (χ2n) is 7.45. The van der Waals surface area contributed by atoms with Crippen LogP contribution in [0, 0.1) is 11.8 Å². The minimum absolute atomic E-state index is 0.0154. The second-order valence-corrected chi connectivity index (χ2v) is 7.45. The van der Waals surface area contributed by atoms with Crippen LogP contribution in [0.1, 0.15) is 50.2 Å². The van der Waals surface area contributed by atoms with Crippen molar-refractivity contribution in [2.24, 2.45) is 11.8 Å². The van der Waals surface area contributed by atoms with Crippen molar-refractivity contribution in [1.82, 2.24) is 5.32 Å². The smallest absolute Gasteiger partial charge is 0.244 e. The first-order chi connectivity index (χ1) is 12.9. The zero-order valence-corrected chi connectivity index (χ0v) is 16.0. The number of amides is 2. The quantitative estimate of drug-likeness (QED) is 0.717. The molecule has 27 heavy (non-hydrogen) atoms. The molecule has 1 fully saturated rings. The van der Waals surface area contributed by atoms with E-state index < -0.39 is 0 Å². The molecule has 0 bridgehead atoms. The Balaban J connectivity index is 1.46. The molecule has 0 saturated heterocycles. The normalized spacial score (nSPS) is 18.7. The van der Waals surface area contributed by atoms with Gasteiger partial charge in [-0.2, -0.15) is 0 Å². The lowest BCUT2D eigenvalue weighted by molar-refractivity contribution is -0.119. The van der Waals surface area contributed by atoms with Crippen molar-refractivity contribution in [3.8, 4) is 0 Å². The molecule has 0 radical (unpaired) electrons. The van der Waals surface area contributed by atoms with Gasteiger partial charge < -0.3 is 15.1 Å². The Morgan fingerprint density at radius 2 is 1.89 bits per heavy atom. The topological polar surface area (TPSA) is 71.3 Å². The number of hydrogen-bond acceptors (Lipinski definition) is 3. The van der Waals surface area contributed by atoms with Crippen molar-refractivity contribution < 1.29 is 14.0 Å². The molecule has 1 saturated carbocycles. The van der Waals surface area contributed by atoms with Crippen molar-refractivity contribution >= 4 is 23.6 Å². The monoisotopic (exact) mass is 366 g/mol. The highest BCUT2D eigenvalue weighted by molar-refractivity contribution is 5.92. The summed E-state index contributed by atoms with van der Waals surface area (Å²) in [5.74, 6) is 2.68. The number of rotatable bonds is 7. The summed E-state index contributed by atoms with van der Waals surface area (Å²) in [7, 11) is 0. The summed E-state index contributed by atoms with van der Waals surface area (Å²) in [4.78, 5) is 23.7. The first kappa shape index (κ1) is 19.0. The van der Waals surface area contributed by atoms with E-state index in [1.807, 2.05) is 50.2 Å². The lowest BCUT2D eigenvalue weighted by atomic mass is 10.1. The summed E-state index contributed by atoms with van der Waals surface area (Å²) in [6, 6.07) is 11.3. The number of nitrogens with one attached hydrogen (secondary N) is 2. The fourth-order valence-corrected chi connectivity index (χ4v) is 2.77. The molecule has 3 rings (SSSR count). The first-order valence-corrected chi connectivity index (χ1v) is 9.38. The van der Waals surface area contributed by atoms with Crippen LogP contribution in [0.5, 0.6) is 0 Å². The minimum atomic E-state index is -0.176. The minimum Gasteiger partial charge on any atom is -0.461 e. The highest BCUT2D eigenvalue weighted by Crippen LogP contribution is 2.47. The van der Waals surface area contributed by atoms with Gasteiger partial charge in [-0.1, -0.05) is 32.9 Å². The third-order valence-electron chi connectivity index (χ3n) is 4.73. The Morgan fingerprint density at radius 1 is 1.19 bits per heavy atom. The molecule has 5 heteroatoms. The molecule has 5 nitrogen and oxygen atoms in total. The van der Waals surface area contributed by atoms with Crippen LogP contribution < -0.4 is 10.6 Å². The molecule has 2 unspecified atom stereocenters. The van der Waals surface area contributed by atoms with Gasteiger partial charge in [-0.25, -0.2) is 0 Å². The number of hydrogen-bond donors (Lipinski definition) is 2. The predicted molar refractivity (Wildman–Crippen MR) is 106 cm³/mol. The summed E-state index contributed by atoms with van der Waals surface area (Å²) >= 11 is 0. The molecule has 1 aliphatic rings. The van der Waals surface area contributed by atoms with E-state index in [2.05, 4.69) is 17.6 Å². The van der Waals surface area contributed by atoms with Gasteiger partial charge >= 0.3 is 0 Å². The van der Waals surface area contributed by atoms with E-state index in [0.717, 1.165) is 17.0 Å². The van der Waals surface area contributed by atoms with E-state index in [4.69, 9.17) is 4.42 Å². The van der Waals surface area contributed by atoms with Crippen LogP contribution in [-0.4, -0.2) is 11.8 Å². The molecular formula is C22H26N2O3. The van der Waals surface area contributed by atoms with E-state index in [0.29, 0.717) is 24.1 Å². The van der Waals surface area contributed by atoms with E-state index >= 15 is 0 Å². The van der Waals surface area contributed by atoms with Crippen molar-refractivity contribution in [2.75, 3.05) is 5.32 Å². The van der Waals surface area contributed by atoms with E-state index in [1.54, 1.807) is 6.08 Å². The van der Waals surface area contributed by atoms with Crippen LogP contribution in [0.15, 0.2) is 46.9 Å². The fourth-order valence-electron chi connectivity index (χ4n) is 2.77. The summed E-state index contributed by atoms with van der Waals surface area (Å²) in [6.45, 7) is 6.33. The maximum atomic E-state index is 12.0. The number of benzene rings is 1. The maximum Gasteiger partial charge on any atom is 0.244 e. The van der Waals surface area contributed by atoms with E-state index in [9.17, 15) is 9.59 Å². The zero-order valence-electron chi connectivity index (χ0n) is 16.0. The van der Waals surface area contributed by atoms with Gasteiger partial charge in [0.1, 0.15) is 11.5 Å². The van der Waals surface area contributed by atoms with Gasteiger partial charge in [0.15, 0.2) is 0 Å². The largest absolute Gasteiger partial charge is 0.461 e. The summed E-state index contributed by atoms with van der Waals surface area (Å²) < 4.78 is 5.75. The zero-order chi connectivity index (χ0) is 19.4. The molecular weight excluding hydrogens is 340 g/mol. The van der Waals surface area contributed by atoms with Crippen LogP contribution >= 0.6 is 0 Å². The molecule has 2 N–H and O–H groups in total. The van der Waals surface area contributed by atoms with Crippen LogP contribution in [0.3, 0.4) is 0 Å². The highest BCUT2D eigenvalue weighted by Gasteiger charge is 2.36. The SMILES string of the molecule is CC(C)C(=O)Nc1ccc(CNC(=O)/C=C/c2ccc(C3CC3C)o2)cc1. The van der Waals surface area contributed by atoms with Gasteiger partial charge in [0, 0.05) is 30.1 Å². The molecule has 1 aromatic carbocycles. The van der Waals surface area contributed by atoms with Crippen LogP contribution in [-0.2, 0) is 16.1 Å². The van der Waals surface area contributed by atoms with Crippen LogP contribution in [0.4, 0.5) is 5.69 Å². The van der Waals surface area contributed by atoms with Gasteiger partial charge in [-0.05, 0) is 48.2 Å². The Bertz CT molecular complexity index is 833. The molecule has 2 amide bonds.